The third-order valence-corrected chi connectivity index (χ3v) is 11.2. The van der Waals surface area contributed by atoms with Crippen LogP contribution in [-0.4, -0.2) is 100 Å². The molecule has 0 saturated carbocycles. The van der Waals surface area contributed by atoms with Gasteiger partial charge in [-0.05, 0) is 0 Å². The minimum atomic E-state index is -4.31. The molecule has 4 fully saturated rings. The fourth-order valence-corrected chi connectivity index (χ4v) is 9.00. The van der Waals surface area contributed by atoms with E-state index in [-0.39, 0.29) is 29.5 Å². The lowest BCUT2D eigenvalue weighted by molar-refractivity contribution is -0.183. The number of aromatic nitrogens is 8. The molecule has 4 aliphatic rings. The number of aliphatic hydroxyl groups excluding tert-OH is 1. The standard InChI is InChI=1S/C21H24N10O11P2S2/c22-14-8-15(25-4-24-14)30(5-26-8)19-12-13-21(40-19,2-36-12)3-38-44(35,46)41-11-7(1-37-43(34,45)42-13)39-18(10(11)32)31-6-27-9-16(31)28-20(23)29-17(9)33/h4-7,10-13,18-19,32H,1-3H2,(H,34,45)(H,35,46)(H2,22,24,25)(H3,23,28,29,33)/t7-,10-,11-,12-,13+,18-,19-,21-,43-,44-/m1/s1. The van der Waals surface area contributed by atoms with Crippen molar-refractivity contribution in [2.24, 2.45) is 0 Å². The number of nitrogens with two attached hydrogens (primary N) is 2. The van der Waals surface area contributed by atoms with Crippen LogP contribution in [0, 0.1) is 0 Å². The van der Waals surface area contributed by atoms with Crippen molar-refractivity contribution in [3.8, 4) is 0 Å². The number of thiol groups is 2. The number of rotatable bonds is 2. The van der Waals surface area contributed by atoms with Gasteiger partial charge < -0.3 is 30.8 Å². The first kappa shape index (κ1) is 30.7. The average Bonchev–Trinajstić information content (AvgIpc) is 3.80. The van der Waals surface area contributed by atoms with E-state index >= 15 is 0 Å². The van der Waals surface area contributed by atoms with E-state index in [2.05, 4.69) is 54.4 Å². The number of nitrogen functional groups attached to an aromatic ring is 2. The second kappa shape index (κ2) is 10.7. The number of nitrogens with zero attached hydrogens (tertiary/aromatic N) is 7. The third-order valence-electron chi connectivity index (χ3n) is 8.04. The maximum atomic E-state index is 13.6. The Hall–Kier alpha value is -2.66. The molecule has 46 heavy (non-hydrogen) atoms. The van der Waals surface area contributed by atoms with E-state index in [0.717, 1.165) is 0 Å². The number of fused-ring (bicyclic) bond motifs is 3. The van der Waals surface area contributed by atoms with Gasteiger partial charge in [0.1, 0.15) is 48.0 Å². The zero-order chi connectivity index (χ0) is 32.2. The molecule has 0 amide bonds. The van der Waals surface area contributed by atoms with E-state index in [1.54, 1.807) is 4.57 Å². The van der Waals surface area contributed by atoms with Crippen LogP contribution in [0.3, 0.4) is 0 Å². The lowest BCUT2D eigenvalue weighted by Crippen LogP contribution is -2.46. The molecule has 6 N–H and O–H groups in total. The monoisotopic (exact) mass is 718 g/mol. The molecule has 0 aromatic carbocycles. The summed E-state index contributed by atoms with van der Waals surface area (Å²) in [6, 6.07) is 0. The van der Waals surface area contributed by atoms with Crippen molar-refractivity contribution in [2.75, 3.05) is 31.3 Å². The number of hydrogen-bond acceptors (Lipinski definition) is 18. The van der Waals surface area contributed by atoms with Crippen LogP contribution in [0.25, 0.3) is 22.3 Å². The Morgan fingerprint density at radius 2 is 1.70 bits per heavy atom. The molecule has 2 bridgehead atoms. The summed E-state index contributed by atoms with van der Waals surface area (Å²) < 4.78 is 71.3. The van der Waals surface area contributed by atoms with Gasteiger partial charge in [0.2, 0.25) is 5.95 Å². The second-order valence-corrected chi connectivity index (χ2v) is 16.6. The molecule has 8 heterocycles. The van der Waals surface area contributed by atoms with Crippen molar-refractivity contribution < 1.29 is 46.5 Å². The summed E-state index contributed by atoms with van der Waals surface area (Å²) in [5, 5.41) is 11.3. The maximum Gasteiger partial charge on any atom is 0.386 e. The van der Waals surface area contributed by atoms with Gasteiger partial charge in [-0.3, -0.25) is 37.0 Å². The predicted octanol–water partition coefficient (Wildman–Crippen LogP) is -0.0584. The minimum absolute atomic E-state index is 0.00786. The quantitative estimate of drug-likeness (QED) is 0.117. The third kappa shape index (κ3) is 4.89. The lowest BCUT2D eigenvalue weighted by atomic mass is 10.0. The molecule has 0 unspecified atom stereocenters. The normalized spacial score (nSPS) is 39.7. The molecule has 246 valence electrons. The molecule has 4 aromatic rings. The van der Waals surface area contributed by atoms with E-state index in [0.29, 0.717) is 11.2 Å². The fraction of sp³-hybridized carbons (Fsp3) is 0.524. The first-order chi connectivity index (χ1) is 21.8. The molecule has 10 atom stereocenters. The summed E-state index contributed by atoms with van der Waals surface area (Å²) in [6.45, 7) is -9.69. The van der Waals surface area contributed by atoms with Crippen molar-refractivity contribution in [2.45, 2.75) is 48.6 Å². The summed E-state index contributed by atoms with van der Waals surface area (Å²) in [5.41, 5.74) is 10.1. The van der Waals surface area contributed by atoms with Crippen LogP contribution in [0.1, 0.15) is 12.5 Å². The number of hydrogen-bond donors (Lipinski definition) is 6. The largest absolute Gasteiger partial charge is 0.386 e. The summed E-state index contributed by atoms with van der Waals surface area (Å²) >= 11 is 8.33. The van der Waals surface area contributed by atoms with Gasteiger partial charge in [0.15, 0.2) is 35.1 Å². The Balaban J connectivity index is 1.10. The van der Waals surface area contributed by atoms with Gasteiger partial charge in [-0.1, -0.05) is 24.5 Å². The number of imidazole rings is 2. The number of ether oxygens (including phenoxy) is 3. The van der Waals surface area contributed by atoms with E-state index in [9.17, 15) is 19.0 Å². The second-order valence-electron chi connectivity index (χ2n) is 10.9. The zero-order valence-corrected chi connectivity index (χ0v) is 26.6. The van der Waals surface area contributed by atoms with Crippen LogP contribution in [0.15, 0.2) is 23.8 Å². The number of aromatic amines is 1. The molecule has 0 radical (unpaired) electrons. The molecule has 4 aliphatic heterocycles. The van der Waals surface area contributed by atoms with Gasteiger partial charge in [0.05, 0.1) is 32.5 Å². The van der Waals surface area contributed by atoms with Crippen molar-refractivity contribution in [1.82, 2.24) is 39.0 Å². The van der Waals surface area contributed by atoms with Gasteiger partial charge in [-0.15, -0.1) is 0 Å². The highest BCUT2D eigenvalue weighted by molar-refractivity contribution is 8.44. The summed E-state index contributed by atoms with van der Waals surface area (Å²) in [5.74, 6) is -0.0588. The number of anilines is 2. The van der Waals surface area contributed by atoms with Crippen molar-refractivity contribution in [3.05, 3.63) is 29.3 Å². The molecule has 0 spiro atoms. The van der Waals surface area contributed by atoms with Gasteiger partial charge >= 0.3 is 13.6 Å². The Bertz CT molecular complexity index is 2030. The molecule has 4 saturated heterocycles. The number of H-pyrrole nitrogens is 1. The Kier molecular flexibility index (Phi) is 7.11. The topological polar surface area (TPSA) is 278 Å². The van der Waals surface area contributed by atoms with Crippen molar-refractivity contribution in [1.29, 1.82) is 0 Å². The molecule has 0 aliphatic carbocycles. The molecular weight excluding hydrogens is 694 g/mol. The SMILES string of the molecule is Nc1nc2c(ncn2[C@@H]2O[C@@H]3CO[P@@](=O)(S)O[C@H]4[C@H]5OC[C@]4(CO[P@@](=O)(S)O[C@H]3[C@H]2O)O[C@H]5n2cnc3c(N)ncnc32)c(=O)[nH]1. The highest BCUT2D eigenvalue weighted by Gasteiger charge is 2.66. The first-order valence-corrected chi connectivity index (χ1v) is 18.8. The number of nitrogens with one attached hydrogen (secondary N) is 1. The van der Waals surface area contributed by atoms with Gasteiger partial charge in [-0.2, -0.15) is 4.98 Å². The van der Waals surface area contributed by atoms with Crippen LogP contribution >= 0.6 is 38.1 Å². The Morgan fingerprint density at radius 3 is 2.50 bits per heavy atom. The summed E-state index contributed by atoms with van der Waals surface area (Å²) in [4.78, 5) is 35.1. The Labute approximate surface area is 266 Å². The zero-order valence-electron chi connectivity index (χ0n) is 23.0. The highest BCUT2D eigenvalue weighted by atomic mass is 32.7. The van der Waals surface area contributed by atoms with Gasteiger partial charge in [0.25, 0.3) is 5.56 Å². The van der Waals surface area contributed by atoms with E-state index < -0.39 is 80.9 Å². The number of aliphatic hydroxyl groups is 1. The van der Waals surface area contributed by atoms with Gasteiger partial charge in [-0.25, -0.2) is 29.1 Å². The van der Waals surface area contributed by atoms with Crippen LogP contribution in [0.2, 0.25) is 0 Å². The van der Waals surface area contributed by atoms with Crippen LogP contribution < -0.4 is 17.0 Å². The maximum absolute atomic E-state index is 13.6. The van der Waals surface area contributed by atoms with E-state index in [1.807, 2.05) is 0 Å². The smallest absolute Gasteiger partial charge is 0.386 e. The van der Waals surface area contributed by atoms with E-state index in [1.165, 1.54) is 23.5 Å². The van der Waals surface area contributed by atoms with Crippen molar-refractivity contribution in [3.63, 3.8) is 0 Å². The molecular formula is C21H24N10O11P2S2. The van der Waals surface area contributed by atoms with E-state index in [4.69, 9.17) is 43.8 Å². The minimum Gasteiger partial charge on any atom is -0.386 e. The molecule has 21 nitrogen and oxygen atoms in total. The fourth-order valence-electron chi connectivity index (χ4n) is 5.99. The average molecular weight is 719 g/mol. The lowest BCUT2D eigenvalue weighted by Gasteiger charge is -2.33. The highest BCUT2D eigenvalue weighted by Crippen LogP contribution is 2.63. The molecule has 8 rings (SSSR count). The summed E-state index contributed by atoms with van der Waals surface area (Å²) in [7, 11) is 0. The van der Waals surface area contributed by atoms with Crippen molar-refractivity contribution >= 4 is 72.2 Å². The van der Waals surface area contributed by atoms with Gasteiger partial charge in [0, 0.05) is 0 Å². The van der Waals surface area contributed by atoms with Crippen LogP contribution in [0.5, 0.6) is 0 Å². The molecule has 25 heteroatoms. The predicted molar refractivity (Wildman–Crippen MR) is 160 cm³/mol. The molecule has 4 aromatic heterocycles. The Morgan fingerprint density at radius 1 is 0.957 bits per heavy atom. The first-order valence-electron chi connectivity index (χ1n) is 13.4. The summed E-state index contributed by atoms with van der Waals surface area (Å²) in [6.07, 6.45) is -4.65. The van der Waals surface area contributed by atoms with Crippen LogP contribution in [-0.2, 0) is 41.4 Å². The van der Waals surface area contributed by atoms with Crippen LogP contribution in [0.4, 0.5) is 11.8 Å².